The van der Waals surface area contributed by atoms with Crippen LogP contribution >= 0.6 is 0 Å². The number of aromatic hydroxyl groups is 1. The second-order valence-electron chi connectivity index (χ2n) is 8.38. The predicted molar refractivity (Wildman–Crippen MR) is 136 cm³/mol. The maximum Gasteiger partial charge on any atom is 0.242 e. The average molecular weight is 486 g/mol. The van der Waals surface area contributed by atoms with Gasteiger partial charge in [-0.2, -0.15) is 0 Å². The van der Waals surface area contributed by atoms with Gasteiger partial charge < -0.3 is 30.9 Å². The minimum Gasteiger partial charge on any atom is -0.508 e. The van der Waals surface area contributed by atoms with E-state index in [1.165, 1.54) is 0 Å². The van der Waals surface area contributed by atoms with Crippen molar-refractivity contribution in [2.24, 2.45) is 5.73 Å². The molecule has 8 nitrogen and oxygen atoms in total. The van der Waals surface area contributed by atoms with Gasteiger partial charge in [0.05, 0.1) is 6.42 Å². The standard InChI is InChI=1S/C27H39N3O5/c28-13-7-17-34-15-4-5-16-35-18-8-14-29-27(33)25(20-23-11-6-12-24(31)19-23)30-26(32)21-22-9-2-1-3-10-22/h1-3,6,9-12,19,25,31H,4-5,7-8,13-18,20-21,28H2,(H,29,33)(H,30,32)/t25-/m0/s1. The van der Waals surface area contributed by atoms with Crippen molar-refractivity contribution in [1.29, 1.82) is 0 Å². The molecule has 0 heterocycles. The molecule has 0 radical (unpaired) electrons. The van der Waals surface area contributed by atoms with Crippen LogP contribution in [-0.2, 0) is 31.9 Å². The van der Waals surface area contributed by atoms with Gasteiger partial charge in [-0.3, -0.25) is 9.59 Å². The van der Waals surface area contributed by atoms with Crippen LogP contribution in [-0.4, -0.2) is 62.5 Å². The van der Waals surface area contributed by atoms with Crippen molar-refractivity contribution in [3.63, 3.8) is 0 Å². The third kappa shape index (κ3) is 12.9. The molecular weight excluding hydrogens is 446 g/mol. The van der Waals surface area contributed by atoms with Crippen molar-refractivity contribution < 1.29 is 24.2 Å². The molecule has 8 heteroatoms. The van der Waals surface area contributed by atoms with Crippen LogP contribution < -0.4 is 16.4 Å². The zero-order chi connectivity index (χ0) is 25.1. The average Bonchev–Trinajstić information content (AvgIpc) is 2.85. The molecule has 35 heavy (non-hydrogen) atoms. The Hall–Kier alpha value is -2.94. The number of phenolic OH excluding ortho intramolecular Hbond substituents is 1. The monoisotopic (exact) mass is 485 g/mol. The van der Waals surface area contributed by atoms with Gasteiger partial charge in [0.25, 0.3) is 0 Å². The Morgan fingerprint density at radius 1 is 0.857 bits per heavy atom. The molecular formula is C27H39N3O5. The molecule has 0 unspecified atom stereocenters. The van der Waals surface area contributed by atoms with E-state index >= 15 is 0 Å². The molecule has 0 spiro atoms. The van der Waals surface area contributed by atoms with Crippen molar-refractivity contribution in [2.45, 2.75) is 44.6 Å². The van der Waals surface area contributed by atoms with Gasteiger partial charge in [-0.1, -0.05) is 42.5 Å². The number of nitrogens with one attached hydrogen (secondary N) is 2. The first-order valence-electron chi connectivity index (χ1n) is 12.3. The third-order valence-corrected chi connectivity index (χ3v) is 5.29. The van der Waals surface area contributed by atoms with Gasteiger partial charge in [0, 0.05) is 39.4 Å². The molecule has 2 rings (SSSR count). The molecule has 192 valence electrons. The van der Waals surface area contributed by atoms with E-state index in [-0.39, 0.29) is 30.4 Å². The fourth-order valence-corrected chi connectivity index (χ4v) is 3.46. The number of nitrogens with two attached hydrogens (primary N) is 1. The van der Waals surface area contributed by atoms with Crippen molar-refractivity contribution in [3.05, 3.63) is 65.7 Å². The highest BCUT2D eigenvalue weighted by molar-refractivity contribution is 5.88. The molecule has 0 fully saturated rings. The van der Waals surface area contributed by atoms with Crippen molar-refractivity contribution in [1.82, 2.24) is 10.6 Å². The highest BCUT2D eigenvalue weighted by Crippen LogP contribution is 2.13. The number of unbranched alkanes of at least 4 members (excludes halogenated alkanes) is 1. The second-order valence-corrected chi connectivity index (χ2v) is 8.38. The van der Waals surface area contributed by atoms with Crippen LogP contribution in [0.5, 0.6) is 5.75 Å². The zero-order valence-electron chi connectivity index (χ0n) is 20.4. The topological polar surface area (TPSA) is 123 Å². The van der Waals surface area contributed by atoms with Crippen LogP contribution in [0.4, 0.5) is 0 Å². The number of ether oxygens (including phenoxy) is 2. The lowest BCUT2D eigenvalue weighted by molar-refractivity contribution is -0.128. The first kappa shape index (κ1) is 28.3. The van der Waals surface area contributed by atoms with Gasteiger partial charge in [-0.05, 0) is 55.5 Å². The van der Waals surface area contributed by atoms with Gasteiger partial charge in [0.1, 0.15) is 11.8 Å². The maximum absolute atomic E-state index is 12.9. The molecule has 5 N–H and O–H groups in total. The Labute approximate surface area is 208 Å². The number of hydrogen-bond donors (Lipinski definition) is 4. The summed E-state index contributed by atoms with van der Waals surface area (Å²) < 4.78 is 11.1. The first-order valence-corrected chi connectivity index (χ1v) is 12.3. The summed E-state index contributed by atoms with van der Waals surface area (Å²) in [7, 11) is 0. The maximum atomic E-state index is 12.9. The second kappa shape index (κ2) is 17.5. The Balaban J connectivity index is 1.72. The fraction of sp³-hybridized carbons (Fsp3) is 0.481. The van der Waals surface area contributed by atoms with E-state index in [2.05, 4.69) is 10.6 Å². The predicted octanol–water partition coefficient (Wildman–Crippen LogP) is 2.33. The lowest BCUT2D eigenvalue weighted by Crippen LogP contribution is -2.48. The normalized spacial score (nSPS) is 11.7. The van der Waals surface area contributed by atoms with Gasteiger partial charge >= 0.3 is 0 Å². The minimum absolute atomic E-state index is 0.122. The van der Waals surface area contributed by atoms with E-state index in [1.807, 2.05) is 36.4 Å². The summed E-state index contributed by atoms with van der Waals surface area (Å²) in [6.07, 6.45) is 3.90. The van der Waals surface area contributed by atoms with E-state index < -0.39 is 6.04 Å². The van der Waals surface area contributed by atoms with Gasteiger partial charge in [-0.15, -0.1) is 0 Å². The molecule has 0 aliphatic carbocycles. The fourth-order valence-electron chi connectivity index (χ4n) is 3.46. The Morgan fingerprint density at radius 2 is 1.51 bits per heavy atom. The molecule has 1 atom stereocenters. The molecule has 2 aromatic carbocycles. The lowest BCUT2D eigenvalue weighted by Gasteiger charge is -2.19. The van der Waals surface area contributed by atoms with Crippen LogP contribution in [0.25, 0.3) is 0 Å². The largest absolute Gasteiger partial charge is 0.508 e. The third-order valence-electron chi connectivity index (χ3n) is 5.29. The van der Waals surface area contributed by atoms with E-state index in [0.717, 1.165) is 37.0 Å². The SMILES string of the molecule is NCCCOCCCCOCCCNC(=O)[C@H](Cc1cccc(O)c1)NC(=O)Cc1ccccc1. The van der Waals surface area contributed by atoms with Gasteiger partial charge in [-0.25, -0.2) is 0 Å². The number of carbonyl (C=O) groups excluding carboxylic acids is 2. The van der Waals surface area contributed by atoms with E-state index in [0.29, 0.717) is 39.3 Å². The Morgan fingerprint density at radius 3 is 2.20 bits per heavy atom. The summed E-state index contributed by atoms with van der Waals surface area (Å²) in [4.78, 5) is 25.4. The first-order chi connectivity index (χ1) is 17.1. The highest BCUT2D eigenvalue weighted by Gasteiger charge is 2.21. The van der Waals surface area contributed by atoms with E-state index in [4.69, 9.17) is 15.2 Å². The Kier molecular flexibility index (Phi) is 14.1. The quantitative estimate of drug-likeness (QED) is 0.240. The smallest absolute Gasteiger partial charge is 0.242 e. The molecule has 0 saturated carbocycles. The summed E-state index contributed by atoms with van der Waals surface area (Å²) in [5, 5.41) is 15.5. The van der Waals surface area contributed by atoms with E-state index in [9.17, 15) is 14.7 Å². The molecule has 0 saturated heterocycles. The van der Waals surface area contributed by atoms with E-state index in [1.54, 1.807) is 18.2 Å². The molecule has 0 aliphatic heterocycles. The molecule has 0 aromatic heterocycles. The van der Waals surface area contributed by atoms with Crippen LogP contribution in [0.15, 0.2) is 54.6 Å². The summed E-state index contributed by atoms with van der Waals surface area (Å²) >= 11 is 0. The van der Waals surface area contributed by atoms with Gasteiger partial charge in [0.2, 0.25) is 11.8 Å². The summed E-state index contributed by atoms with van der Waals surface area (Å²) in [5.74, 6) is -0.368. The van der Waals surface area contributed by atoms with Crippen LogP contribution in [0.3, 0.4) is 0 Å². The summed E-state index contributed by atoms with van der Waals surface area (Å²) in [6.45, 7) is 3.73. The number of carbonyl (C=O) groups is 2. The van der Waals surface area contributed by atoms with Crippen molar-refractivity contribution in [2.75, 3.05) is 39.5 Å². The molecule has 2 amide bonds. The van der Waals surface area contributed by atoms with Crippen molar-refractivity contribution in [3.8, 4) is 5.75 Å². The lowest BCUT2D eigenvalue weighted by atomic mass is 10.0. The van der Waals surface area contributed by atoms with Crippen molar-refractivity contribution >= 4 is 11.8 Å². The summed E-state index contributed by atoms with van der Waals surface area (Å²) in [6, 6.07) is 15.4. The van der Waals surface area contributed by atoms with Crippen LogP contribution in [0.2, 0.25) is 0 Å². The highest BCUT2D eigenvalue weighted by atomic mass is 16.5. The number of benzene rings is 2. The number of hydrogen-bond acceptors (Lipinski definition) is 6. The van der Waals surface area contributed by atoms with Crippen LogP contribution in [0.1, 0.15) is 36.8 Å². The number of phenols is 1. The molecule has 0 bridgehead atoms. The zero-order valence-corrected chi connectivity index (χ0v) is 20.4. The number of rotatable bonds is 18. The number of amides is 2. The van der Waals surface area contributed by atoms with Crippen LogP contribution in [0, 0.1) is 0 Å². The van der Waals surface area contributed by atoms with Gasteiger partial charge in [0.15, 0.2) is 0 Å². The summed E-state index contributed by atoms with van der Waals surface area (Å²) in [5.41, 5.74) is 7.06. The molecule has 2 aromatic rings. The Bertz CT molecular complexity index is 863. The molecule has 0 aliphatic rings. The minimum atomic E-state index is -0.742.